The Morgan fingerprint density at radius 1 is 0.846 bits per heavy atom. The third-order valence-electron chi connectivity index (χ3n) is 3.75. The predicted octanol–water partition coefficient (Wildman–Crippen LogP) is 2.08. The predicted molar refractivity (Wildman–Crippen MR) is 100 cm³/mol. The third-order valence-corrected chi connectivity index (χ3v) is 3.75. The first-order chi connectivity index (χ1) is 12.5. The molecule has 0 saturated carbocycles. The van der Waals surface area contributed by atoms with Crippen LogP contribution >= 0.6 is 0 Å². The van der Waals surface area contributed by atoms with Crippen LogP contribution in [-0.4, -0.2) is 24.8 Å². The van der Waals surface area contributed by atoms with Crippen molar-refractivity contribution in [2.24, 2.45) is 0 Å². The van der Waals surface area contributed by atoms with Gasteiger partial charge in [0.05, 0.1) is 0 Å². The molecule has 6 heteroatoms. The Morgan fingerprint density at radius 3 is 2.00 bits per heavy atom. The normalized spacial score (nSPS) is 10.4. The van der Waals surface area contributed by atoms with Crippen LogP contribution in [0.4, 0.5) is 0 Å². The van der Waals surface area contributed by atoms with Crippen molar-refractivity contribution in [3.63, 3.8) is 0 Å². The summed E-state index contributed by atoms with van der Waals surface area (Å²) in [6, 6.07) is 14.0. The lowest BCUT2D eigenvalue weighted by Gasteiger charge is -2.06. The topological polar surface area (TPSA) is 87.3 Å². The molecule has 3 N–H and O–H groups in total. The molecule has 0 aliphatic carbocycles. The van der Waals surface area contributed by atoms with E-state index in [1.807, 2.05) is 19.1 Å². The Balaban J connectivity index is 1.86. The average Bonchev–Trinajstić information content (AvgIpc) is 2.70. The highest BCUT2D eigenvalue weighted by Gasteiger charge is 2.06. The molecular weight excluding hydrogens is 330 g/mol. The second-order valence-corrected chi connectivity index (χ2v) is 5.53. The van der Waals surface area contributed by atoms with Crippen LogP contribution in [0, 0.1) is 0 Å². The molecule has 2 rings (SSSR count). The maximum atomic E-state index is 12.0. The number of aryl methyl sites for hydroxylation is 1. The van der Waals surface area contributed by atoms with Crippen molar-refractivity contribution in [2.45, 2.75) is 13.3 Å². The van der Waals surface area contributed by atoms with Crippen LogP contribution in [0.1, 0.15) is 38.8 Å². The van der Waals surface area contributed by atoms with E-state index in [1.54, 1.807) is 49.5 Å². The van der Waals surface area contributed by atoms with Gasteiger partial charge >= 0.3 is 0 Å². The van der Waals surface area contributed by atoms with Crippen LogP contribution in [0.2, 0.25) is 0 Å². The molecule has 6 nitrogen and oxygen atoms in total. The first-order valence-corrected chi connectivity index (χ1v) is 8.23. The van der Waals surface area contributed by atoms with Gasteiger partial charge in [-0.15, -0.1) is 0 Å². The first-order valence-electron chi connectivity index (χ1n) is 8.23. The molecule has 0 aromatic heterocycles. The summed E-state index contributed by atoms with van der Waals surface area (Å²) in [6.07, 6.45) is 3.79. The SMILES string of the molecule is CCc1ccc(C(=O)NNC(=O)/C=C/c2ccc(C(=O)NC)cc2)cc1. The van der Waals surface area contributed by atoms with E-state index in [2.05, 4.69) is 16.2 Å². The third kappa shape index (κ3) is 5.31. The average molecular weight is 351 g/mol. The Hall–Kier alpha value is -3.41. The molecule has 0 aliphatic heterocycles. The number of amides is 3. The van der Waals surface area contributed by atoms with Gasteiger partial charge < -0.3 is 5.32 Å². The lowest BCUT2D eigenvalue weighted by Crippen LogP contribution is -2.40. The number of carbonyl (C=O) groups excluding carboxylic acids is 3. The molecule has 0 saturated heterocycles. The van der Waals surface area contributed by atoms with Gasteiger partial charge in [-0.2, -0.15) is 0 Å². The second-order valence-electron chi connectivity index (χ2n) is 5.53. The molecule has 0 spiro atoms. The van der Waals surface area contributed by atoms with Gasteiger partial charge in [0.2, 0.25) is 0 Å². The van der Waals surface area contributed by atoms with E-state index >= 15 is 0 Å². The molecule has 2 aromatic carbocycles. The van der Waals surface area contributed by atoms with Crippen molar-refractivity contribution in [3.05, 3.63) is 76.9 Å². The van der Waals surface area contributed by atoms with Gasteiger partial charge in [0.1, 0.15) is 0 Å². The van der Waals surface area contributed by atoms with Crippen LogP contribution < -0.4 is 16.2 Å². The highest BCUT2D eigenvalue weighted by molar-refractivity contribution is 5.98. The molecule has 0 aliphatic rings. The van der Waals surface area contributed by atoms with E-state index in [4.69, 9.17) is 0 Å². The highest BCUT2D eigenvalue weighted by Crippen LogP contribution is 2.06. The monoisotopic (exact) mass is 351 g/mol. The van der Waals surface area contributed by atoms with Crippen LogP contribution in [0.5, 0.6) is 0 Å². The van der Waals surface area contributed by atoms with Gasteiger partial charge in [0.25, 0.3) is 17.7 Å². The zero-order valence-electron chi connectivity index (χ0n) is 14.7. The fraction of sp³-hybridized carbons (Fsp3) is 0.150. The number of hydrogen-bond donors (Lipinski definition) is 3. The molecular formula is C20H21N3O3. The molecule has 0 bridgehead atoms. The minimum atomic E-state index is -0.459. The Labute approximate surface area is 152 Å². The summed E-state index contributed by atoms with van der Waals surface area (Å²) < 4.78 is 0. The maximum Gasteiger partial charge on any atom is 0.269 e. The van der Waals surface area contributed by atoms with Crippen molar-refractivity contribution in [1.82, 2.24) is 16.2 Å². The summed E-state index contributed by atoms with van der Waals surface area (Å²) in [6.45, 7) is 2.04. The molecule has 0 atom stereocenters. The molecule has 26 heavy (non-hydrogen) atoms. The van der Waals surface area contributed by atoms with Gasteiger partial charge in [0.15, 0.2) is 0 Å². The first kappa shape index (κ1) is 18.9. The van der Waals surface area contributed by atoms with Crippen molar-refractivity contribution in [1.29, 1.82) is 0 Å². The summed E-state index contributed by atoms with van der Waals surface area (Å²) in [7, 11) is 1.56. The van der Waals surface area contributed by atoms with E-state index in [-0.39, 0.29) is 11.8 Å². The second kappa shape index (κ2) is 9.17. The fourth-order valence-corrected chi connectivity index (χ4v) is 2.19. The van der Waals surface area contributed by atoms with Gasteiger partial charge in [-0.25, -0.2) is 0 Å². The molecule has 134 valence electrons. The highest BCUT2D eigenvalue weighted by atomic mass is 16.2. The quantitative estimate of drug-likeness (QED) is 0.569. The smallest absolute Gasteiger partial charge is 0.269 e. The summed E-state index contributed by atoms with van der Waals surface area (Å²) >= 11 is 0. The van der Waals surface area contributed by atoms with Crippen molar-refractivity contribution in [3.8, 4) is 0 Å². The number of benzene rings is 2. The van der Waals surface area contributed by atoms with Crippen LogP contribution in [0.25, 0.3) is 6.08 Å². The molecule has 2 aromatic rings. The van der Waals surface area contributed by atoms with E-state index in [0.717, 1.165) is 17.5 Å². The van der Waals surface area contributed by atoms with E-state index in [1.165, 1.54) is 6.08 Å². The molecule has 0 heterocycles. The Bertz CT molecular complexity index is 809. The Kier molecular flexibility index (Phi) is 6.68. The van der Waals surface area contributed by atoms with E-state index in [9.17, 15) is 14.4 Å². The lowest BCUT2D eigenvalue weighted by molar-refractivity contribution is -0.117. The maximum absolute atomic E-state index is 12.0. The number of hydrazine groups is 1. The zero-order valence-corrected chi connectivity index (χ0v) is 14.7. The lowest BCUT2D eigenvalue weighted by atomic mass is 10.1. The fourth-order valence-electron chi connectivity index (χ4n) is 2.19. The summed E-state index contributed by atoms with van der Waals surface area (Å²) in [5, 5.41) is 2.54. The molecule has 0 fully saturated rings. The van der Waals surface area contributed by atoms with Crippen molar-refractivity contribution in [2.75, 3.05) is 7.05 Å². The summed E-state index contributed by atoms with van der Waals surface area (Å²) in [5.74, 6) is -1.02. The Morgan fingerprint density at radius 2 is 1.42 bits per heavy atom. The van der Waals surface area contributed by atoms with Crippen molar-refractivity contribution < 1.29 is 14.4 Å². The van der Waals surface area contributed by atoms with Gasteiger partial charge in [-0.1, -0.05) is 31.2 Å². The van der Waals surface area contributed by atoms with Crippen molar-refractivity contribution >= 4 is 23.8 Å². The number of carbonyl (C=O) groups is 3. The van der Waals surface area contributed by atoms with E-state index < -0.39 is 5.91 Å². The molecule has 3 amide bonds. The van der Waals surface area contributed by atoms with Gasteiger partial charge in [0, 0.05) is 24.3 Å². The largest absolute Gasteiger partial charge is 0.355 e. The van der Waals surface area contributed by atoms with Crippen LogP contribution in [-0.2, 0) is 11.2 Å². The molecule has 0 unspecified atom stereocenters. The summed E-state index contributed by atoms with van der Waals surface area (Å²) in [5.41, 5.74) is 7.59. The van der Waals surface area contributed by atoms with Crippen LogP contribution in [0.3, 0.4) is 0 Å². The number of hydrogen-bond acceptors (Lipinski definition) is 3. The van der Waals surface area contributed by atoms with Crippen LogP contribution in [0.15, 0.2) is 54.6 Å². The zero-order chi connectivity index (χ0) is 18.9. The standard InChI is InChI=1S/C20H21N3O3/c1-3-14-4-9-17(10-5-14)20(26)23-22-18(24)13-8-15-6-11-16(12-7-15)19(25)21-2/h4-13H,3H2,1-2H3,(H,21,25)(H,22,24)(H,23,26)/b13-8+. The minimum absolute atomic E-state index is 0.173. The minimum Gasteiger partial charge on any atom is -0.355 e. The number of rotatable bonds is 5. The summed E-state index contributed by atoms with van der Waals surface area (Å²) in [4.78, 5) is 35.2. The van der Waals surface area contributed by atoms with Gasteiger partial charge in [-0.05, 0) is 47.9 Å². The van der Waals surface area contributed by atoms with E-state index in [0.29, 0.717) is 11.1 Å². The van der Waals surface area contributed by atoms with Gasteiger partial charge in [-0.3, -0.25) is 25.2 Å². The number of nitrogens with one attached hydrogen (secondary N) is 3. The molecule has 0 radical (unpaired) electrons.